The molecule has 1 aliphatic rings. The van der Waals surface area contributed by atoms with Crippen molar-refractivity contribution in [3.05, 3.63) is 190 Å². The van der Waals surface area contributed by atoms with Crippen LogP contribution in [0, 0.1) is 55.4 Å². The Kier molecular flexibility index (Phi) is 8.74. The first kappa shape index (κ1) is 35.5. The van der Waals surface area contributed by atoms with Crippen molar-refractivity contribution in [2.24, 2.45) is 0 Å². The highest BCUT2D eigenvalue weighted by atomic mass is 14.2. The molecule has 0 amide bonds. The number of aryl methyl sites for hydroxylation is 8. The minimum atomic E-state index is 1.22. The van der Waals surface area contributed by atoms with Crippen LogP contribution in [0.3, 0.4) is 0 Å². The second-order valence-electron chi connectivity index (χ2n) is 16.3. The van der Waals surface area contributed by atoms with Gasteiger partial charge in [0.1, 0.15) is 0 Å². The highest BCUT2D eigenvalue weighted by Gasteiger charge is 2.19. The van der Waals surface area contributed by atoms with Crippen LogP contribution < -0.4 is 0 Å². The van der Waals surface area contributed by atoms with E-state index in [1.807, 2.05) is 0 Å². The SMILES string of the molecule is Cc1cccc(C)c1-c1cc2cc(c1)-c1cc(cc(-c3c(C)cccc3C)c1)-c1cc(cc(-c3c(C)cccc3C)c1)-c1cc-2cc(-c2c(C)cccc2C)c1. The van der Waals surface area contributed by atoms with Crippen LogP contribution in [0.25, 0.3) is 89.0 Å². The number of rotatable bonds is 4. The van der Waals surface area contributed by atoms with Crippen LogP contribution in [0.15, 0.2) is 146 Å². The fraction of sp³-hybridized carbons (Fsp3) is 0.143. The van der Waals surface area contributed by atoms with E-state index in [1.54, 1.807) is 0 Å². The molecule has 0 aromatic heterocycles. The number of hydrogen-bond donors (Lipinski definition) is 0. The highest BCUT2D eigenvalue weighted by Crippen LogP contribution is 2.45. The summed E-state index contributed by atoms with van der Waals surface area (Å²) in [6, 6.07) is 55.7. The van der Waals surface area contributed by atoms with Gasteiger partial charge in [0.15, 0.2) is 0 Å². The van der Waals surface area contributed by atoms with Crippen molar-refractivity contribution in [2.75, 3.05) is 0 Å². The molecule has 0 atom stereocenters. The molecule has 8 aromatic rings. The van der Waals surface area contributed by atoms with Crippen molar-refractivity contribution in [3.63, 3.8) is 0 Å². The summed E-state index contributed by atoms with van der Waals surface area (Å²) in [5.74, 6) is 0. The van der Waals surface area contributed by atoms with Gasteiger partial charge >= 0.3 is 0 Å². The quantitative estimate of drug-likeness (QED) is 0.170. The first-order valence-corrected chi connectivity index (χ1v) is 19.9. The van der Waals surface area contributed by atoms with Crippen LogP contribution in [0.2, 0.25) is 0 Å². The van der Waals surface area contributed by atoms with E-state index < -0.39 is 0 Å². The van der Waals surface area contributed by atoms with Gasteiger partial charge in [-0.3, -0.25) is 0 Å². The molecule has 0 N–H and O–H groups in total. The monoisotopic (exact) mass is 720 g/mol. The van der Waals surface area contributed by atoms with Crippen LogP contribution in [-0.2, 0) is 0 Å². The summed E-state index contributed by atoms with van der Waals surface area (Å²) in [4.78, 5) is 0. The third-order valence-corrected chi connectivity index (χ3v) is 12.1. The van der Waals surface area contributed by atoms with Gasteiger partial charge in [-0.1, -0.05) is 72.8 Å². The second-order valence-corrected chi connectivity index (χ2v) is 16.3. The molecule has 1 aliphatic carbocycles. The minimum absolute atomic E-state index is 1.22. The molecule has 8 bridgehead atoms. The molecular formula is C56H48. The van der Waals surface area contributed by atoms with Crippen molar-refractivity contribution in [3.8, 4) is 89.0 Å². The molecule has 272 valence electrons. The lowest BCUT2D eigenvalue weighted by Crippen LogP contribution is -1.96. The normalized spacial score (nSPS) is 11.6. The molecule has 0 saturated heterocycles. The predicted molar refractivity (Wildman–Crippen MR) is 241 cm³/mol. The van der Waals surface area contributed by atoms with Crippen LogP contribution >= 0.6 is 0 Å². The van der Waals surface area contributed by atoms with Gasteiger partial charge in [-0.15, -0.1) is 0 Å². The van der Waals surface area contributed by atoms with Crippen LogP contribution in [0.4, 0.5) is 0 Å². The molecule has 0 unspecified atom stereocenters. The molecule has 0 fully saturated rings. The first-order valence-electron chi connectivity index (χ1n) is 19.9. The van der Waals surface area contributed by atoms with E-state index >= 15 is 0 Å². The Balaban J connectivity index is 1.44. The number of hydrogen-bond acceptors (Lipinski definition) is 0. The van der Waals surface area contributed by atoms with Crippen molar-refractivity contribution >= 4 is 0 Å². The standard InChI is InChI=1S/C56H48/c1-33-13-9-14-34(2)53(33)49-25-41-21-42(26-49)44-23-46(30-51(28-44)55-37(5)17-11-18-38(55)6)48-24-47(31-52(32-48)56-39(7)19-12-20-40(56)8)45-22-43(41)27-50(29-45)54-35(3)15-10-16-36(54)4/h9-32H,1-8H3. The van der Waals surface area contributed by atoms with E-state index in [-0.39, 0.29) is 0 Å². The van der Waals surface area contributed by atoms with E-state index in [2.05, 4.69) is 201 Å². The summed E-state index contributed by atoms with van der Waals surface area (Å²) < 4.78 is 0. The Morgan fingerprint density at radius 3 is 0.446 bits per heavy atom. The Labute approximate surface area is 333 Å². The third kappa shape index (κ3) is 6.20. The van der Waals surface area contributed by atoms with E-state index in [1.165, 1.54) is 134 Å². The fourth-order valence-corrected chi connectivity index (χ4v) is 9.50. The average molecular weight is 721 g/mol. The van der Waals surface area contributed by atoms with Gasteiger partial charge in [-0.2, -0.15) is 0 Å². The summed E-state index contributed by atoms with van der Waals surface area (Å²) >= 11 is 0. The van der Waals surface area contributed by atoms with E-state index in [9.17, 15) is 0 Å². The molecule has 0 heterocycles. The number of fused-ring (bicyclic) bond motifs is 12. The Morgan fingerprint density at radius 1 is 0.179 bits per heavy atom. The van der Waals surface area contributed by atoms with Gasteiger partial charge < -0.3 is 0 Å². The zero-order valence-electron chi connectivity index (χ0n) is 33.9. The maximum Gasteiger partial charge on any atom is -0.0125 e. The van der Waals surface area contributed by atoms with Gasteiger partial charge in [0.2, 0.25) is 0 Å². The summed E-state index contributed by atoms with van der Waals surface area (Å²) in [6.45, 7) is 17.9. The lowest BCUT2D eigenvalue weighted by molar-refractivity contribution is 1.37. The molecule has 0 aliphatic heterocycles. The molecule has 0 saturated carbocycles. The van der Waals surface area contributed by atoms with Gasteiger partial charge in [0.25, 0.3) is 0 Å². The Bertz CT molecular complexity index is 2320. The molecule has 9 rings (SSSR count). The smallest absolute Gasteiger partial charge is 0.0125 e. The fourth-order valence-electron chi connectivity index (χ4n) is 9.50. The summed E-state index contributed by atoms with van der Waals surface area (Å²) in [5.41, 5.74) is 30.3. The van der Waals surface area contributed by atoms with E-state index in [0.29, 0.717) is 0 Å². The summed E-state index contributed by atoms with van der Waals surface area (Å²) in [7, 11) is 0. The maximum atomic E-state index is 2.43. The van der Waals surface area contributed by atoms with E-state index in [0.717, 1.165) is 0 Å². The van der Waals surface area contributed by atoms with Crippen molar-refractivity contribution in [2.45, 2.75) is 55.4 Å². The van der Waals surface area contributed by atoms with Gasteiger partial charge in [0.05, 0.1) is 0 Å². The average Bonchev–Trinajstić information content (AvgIpc) is 3.17. The van der Waals surface area contributed by atoms with Gasteiger partial charge in [0, 0.05) is 0 Å². The van der Waals surface area contributed by atoms with Gasteiger partial charge in [-0.25, -0.2) is 0 Å². The summed E-state index contributed by atoms with van der Waals surface area (Å²) in [6.07, 6.45) is 0. The molecule has 0 spiro atoms. The maximum absolute atomic E-state index is 2.43. The Morgan fingerprint density at radius 2 is 0.304 bits per heavy atom. The lowest BCUT2D eigenvalue weighted by Gasteiger charge is -2.21. The van der Waals surface area contributed by atoms with Crippen molar-refractivity contribution in [1.29, 1.82) is 0 Å². The topological polar surface area (TPSA) is 0 Å². The molecule has 56 heavy (non-hydrogen) atoms. The zero-order chi connectivity index (χ0) is 38.8. The van der Waals surface area contributed by atoms with Crippen LogP contribution in [0.1, 0.15) is 44.5 Å². The summed E-state index contributed by atoms with van der Waals surface area (Å²) in [5, 5.41) is 0. The molecule has 0 nitrogen and oxygen atoms in total. The van der Waals surface area contributed by atoms with E-state index in [4.69, 9.17) is 0 Å². The van der Waals surface area contributed by atoms with Crippen molar-refractivity contribution < 1.29 is 0 Å². The van der Waals surface area contributed by atoms with Crippen molar-refractivity contribution in [1.82, 2.24) is 0 Å². The highest BCUT2D eigenvalue weighted by molar-refractivity contribution is 5.93. The molecule has 0 radical (unpaired) electrons. The second kappa shape index (κ2) is 13.8. The van der Waals surface area contributed by atoms with Gasteiger partial charge in [-0.05, 0) is 262 Å². The number of benzene rings is 8. The Hall–Kier alpha value is -6.24. The molecule has 0 heteroatoms. The minimum Gasteiger partial charge on any atom is -0.0617 e. The van der Waals surface area contributed by atoms with Crippen LogP contribution in [-0.4, -0.2) is 0 Å². The molecular weight excluding hydrogens is 673 g/mol. The molecule has 8 aromatic carbocycles. The largest absolute Gasteiger partial charge is 0.0617 e. The lowest BCUT2D eigenvalue weighted by atomic mass is 9.83. The van der Waals surface area contributed by atoms with Crippen LogP contribution in [0.5, 0.6) is 0 Å². The first-order chi connectivity index (χ1) is 27.0. The zero-order valence-corrected chi connectivity index (χ0v) is 33.9. The predicted octanol–water partition coefficient (Wildman–Crippen LogP) is 15.8. The third-order valence-electron chi connectivity index (χ3n) is 12.1.